The van der Waals surface area contributed by atoms with E-state index >= 15 is 0 Å². The second kappa shape index (κ2) is 7.34. The highest BCUT2D eigenvalue weighted by molar-refractivity contribution is 5.85. The predicted molar refractivity (Wildman–Crippen MR) is 77.0 cm³/mol. The first-order valence-electron chi connectivity index (χ1n) is 7.17. The van der Waals surface area contributed by atoms with E-state index in [2.05, 4.69) is 24.1 Å². The lowest BCUT2D eigenvalue weighted by atomic mass is 9.81. The molecule has 1 heterocycles. The van der Waals surface area contributed by atoms with Gasteiger partial charge in [0.2, 0.25) is 5.91 Å². The molecule has 1 atom stereocenters. The average molecular weight is 275 g/mol. The molecule has 0 aromatic heterocycles. The minimum absolute atomic E-state index is 0. The summed E-state index contributed by atoms with van der Waals surface area (Å²) in [6.07, 6.45) is 5.93. The van der Waals surface area contributed by atoms with Gasteiger partial charge in [-0.05, 0) is 31.6 Å². The number of piperazine rings is 1. The van der Waals surface area contributed by atoms with Crippen LogP contribution in [0.5, 0.6) is 0 Å². The van der Waals surface area contributed by atoms with Crippen LogP contribution in [-0.4, -0.2) is 36.5 Å². The number of rotatable bonds is 2. The van der Waals surface area contributed by atoms with Crippen molar-refractivity contribution >= 4 is 18.3 Å². The van der Waals surface area contributed by atoms with Crippen molar-refractivity contribution in [3.8, 4) is 0 Å². The van der Waals surface area contributed by atoms with E-state index in [1.54, 1.807) is 0 Å². The van der Waals surface area contributed by atoms with E-state index in [1.165, 1.54) is 25.7 Å². The highest BCUT2D eigenvalue weighted by Crippen LogP contribution is 2.30. The Morgan fingerprint density at radius 3 is 2.50 bits per heavy atom. The molecule has 1 aliphatic carbocycles. The summed E-state index contributed by atoms with van der Waals surface area (Å²) in [7, 11) is 0. The van der Waals surface area contributed by atoms with E-state index in [-0.39, 0.29) is 12.4 Å². The second-order valence-corrected chi connectivity index (χ2v) is 5.97. The Hall–Kier alpha value is -0.280. The van der Waals surface area contributed by atoms with Gasteiger partial charge < -0.3 is 10.2 Å². The van der Waals surface area contributed by atoms with Crippen LogP contribution in [0.15, 0.2) is 0 Å². The number of nitrogens with zero attached hydrogens (tertiary/aromatic N) is 1. The molecule has 0 aromatic rings. The molecule has 1 amide bonds. The lowest BCUT2D eigenvalue weighted by Gasteiger charge is -2.35. The number of hydrogen-bond donors (Lipinski definition) is 1. The summed E-state index contributed by atoms with van der Waals surface area (Å²) < 4.78 is 0. The Balaban J connectivity index is 0.00000162. The lowest BCUT2D eigenvalue weighted by Crippen LogP contribution is -2.52. The van der Waals surface area contributed by atoms with Gasteiger partial charge in [-0.25, -0.2) is 0 Å². The zero-order valence-corrected chi connectivity index (χ0v) is 12.5. The fourth-order valence-corrected chi connectivity index (χ4v) is 3.11. The normalized spacial score (nSPS) is 32.8. The summed E-state index contributed by atoms with van der Waals surface area (Å²) in [5, 5.41) is 3.33. The highest BCUT2D eigenvalue weighted by atomic mass is 35.5. The van der Waals surface area contributed by atoms with Crippen molar-refractivity contribution < 1.29 is 4.79 Å². The van der Waals surface area contributed by atoms with Crippen LogP contribution >= 0.6 is 12.4 Å². The summed E-state index contributed by atoms with van der Waals surface area (Å²) in [5.41, 5.74) is 0. The molecular formula is C14H27ClN2O. The molecule has 0 aromatic carbocycles. The summed E-state index contributed by atoms with van der Waals surface area (Å²) in [5.74, 6) is 1.92. The molecule has 1 aliphatic heterocycles. The Kier molecular flexibility index (Phi) is 6.44. The van der Waals surface area contributed by atoms with E-state index in [4.69, 9.17) is 0 Å². The monoisotopic (exact) mass is 274 g/mol. The molecule has 0 radical (unpaired) electrons. The van der Waals surface area contributed by atoms with Crippen LogP contribution in [-0.2, 0) is 4.79 Å². The zero-order chi connectivity index (χ0) is 12.3. The van der Waals surface area contributed by atoms with Crippen molar-refractivity contribution in [2.75, 3.05) is 19.6 Å². The maximum atomic E-state index is 12.3. The number of nitrogens with one attached hydrogen (secondary N) is 1. The van der Waals surface area contributed by atoms with Crippen molar-refractivity contribution in [2.24, 2.45) is 11.8 Å². The van der Waals surface area contributed by atoms with Crippen LogP contribution in [0.4, 0.5) is 0 Å². The molecule has 4 heteroatoms. The van der Waals surface area contributed by atoms with E-state index in [1.807, 2.05) is 0 Å². The van der Waals surface area contributed by atoms with Gasteiger partial charge in [-0.15, -0.1) is 12.4 Å². The SMILES string of the molecule is CC1CCC(CC(=O)N2CCNC[C@H]2C)CC1.Cl. The first-order valence-corrected chi connectivity index (χ1v) is 7.17. The smallest absolute Gasteiger partial charge is 0.223 e. The molecular weight excluding hydrogens is 248 g/mol. The lowest BCUT2D eigenvalue weighted by molar-refractivity contribution is -0.135. The van der Waals surface area contributed by atoms with Crippen molar-refractivity contribution in [1.82, 2.24) is 10.2 Å². The molecule has 0 unspecified atom stereocenters. The van der Waals surface area contributed by atoms with E-state index in [0.29, 0.717) is 17.9 Å². The van der Waals surface area contributed by atoms with Gasteiger partial charge in [-0.1, -0.05) is 19.8 Å². The molecule has 1 N–H and O–H groups in total. The van der Waals surface area contributed by atoms with Crippen LogP contribution < -0.4 is 5.32 Å². The van der Waals surface area contributed by atoms with E-state index in [9.17, 15) is 4.79 Å². The maximum Gasteiger partial charge on any atom is 0.223 e. The van der Waals surface area contributed by atoms with Crippen molar-refractivity contribution in [1.29, 1.82) is 0 Å². The third kappa shape index (κ3) is 4.13. The molecule has 1 saturated carbocycles. The largest absolute Gasteiger partial charge is 0.337 e. The Labute approximate surface area is 117 Å². The van der Waals surface area contributed by atoms with Crippen molar-refractivity contribution in [3.63, 3.8) is 0 Å². The van der Waals surface area contributed by atoms with Gasteiger partial charge in [-0.3, -0.25) is 4.79 Å². The Morgan fingerprint density at radius 2 is 1.89 bits per heavy atom. The summed E-state index contributed by atoms with van der Waals surface area (Å²) in [4.78, 5) is 14.3. The van der Waals surface area contributed by atoms with Gasteiger partial charge in [0, 0.05) is 32.1 Å². The minimum Gasteiger partial charge on any atom is -0.337 e. The quantitative estimate of drug-likeness (QED) is 0.839. The number of amides is 1. The van der Waals surface area contributed by atoms with Crippen molar-refractivity contribution in [2.45, 2.75) is 52.0 Å². The average Bonchev–Trinajstić information content (AvgIpc) is 2.32. The van der Waals surface area contributed by atoms with Gasteiger partial charge in [0.05, 0.1) is 0 Å². The molecule has 106 valence electrons. The molecule has 2 aliphatic rings. The van der Waals surface area contributed by atoms with Gasteiger partial charge >= 0.3 is 0 Å². The van der Waals surface area contributed by atoms with Crippen LogP contribution in [0.2, 0.25) is 0 Å². The Bertz CT molecular complexity index is 265. The van der Waals surface area contributed by atoms with Crippen LogP contribution in [0.3, 0.4) is 0 Å². The van der Waals surface area contributed by atoms with Crippen molar-refractivity contribution in [3.05, 3.63) is 0 Å². The zero-order valence-electron chi connectivity index (χ0n) is 11.7. The number of carbonyl (C=O) groups is 1. The molecule has 18 heavy (non-hydrogen) atoms. The molecule has 0 spiro atoms. The first kappa shape index (κ1) is 15.8. The predicted octanol–water partition coefficient (Wildman–Crippen LogP) is 2.44. The highest BCUT2D eigenvalue weighted by Gasteiger charge is 2.26. The third-order valence-electron chi connectivity index (χ3n) is 4.42. The summed E-state index contributed by atoms with van der Waals surface area (Å²) in [6.45, 7) is 7.28. The van der Waals surface area contributed by atoms with Gasteiger partial charge in [0.25, 0.3) is 0 Å². The molecule has 2 rings (SSSR count). The second-order valence-electron chi connectivity index (χ2n) is 5.97. The third-order valence-corrected chi connectivity index (χ3v) is 4.42. The fraction of sp³-hybridized carbons (Fsp3) is 0.929. The Morgan fingerprint density at radius 1 is 1.22 bits per heavy atom. The molecule has 3 nitrogen and oxygen atoms in total. The first-order chi connectivity index (χ1) is 8.16. The maximum absolute atomic E-state index is 12.3. The fourth-order valence-electron chi connectivity index (χ4n) is 3.11. The van der Waals surface area contributed by atoms with E-state index < -0.39 is 0 Å². The minimum atomic E-state index is 0. The van der Waals surface area contributed by atoms with Crippen LogP contribution in [0.1, 0.15) is 46.0 Å². The van der Waals surface area contributed by atoms with Crippen LogP contribution in [0.25, 0.3) is 0 Å². The number of hydrogen-bond acceptors (Lipinski definition) is 2. The van der Waals surface area contributed by atoms with E-state index in [0.717, 1.165) is 32.0 Å². The number of halogens is 1. The summed E-state index contributed by atoms with van der Waals surface area (Å²) >= 11 is 0. The molecule has 0 bridgehead atoms. The van der Waals surface area contributed by atoms with Gasteiger partial charge in [0.15, 0.2) is 0 Å². The standard InChI is InChI=1S/C14H26N2O.ClH/c1-11-3-5-13(6-4-11)9-14(17)16-8-7-15-10-12(16)2;/h11-13,15H,3-10H2,1-2H3;1H/t11?,12-,13?;/m1./s1. The van der Waals surface area contributed by atoms with Gasteiger partial charge in [0.1, 0.15) is 0 Å². The van der Waals surface area contributed by atoms with Gasteiger partial charge in [-0.2, -0.15) is 0 Å². The van der Waals surface area contributed by atoms with Crippen LogP contribution in [0, 0.1) is 11.8 Å². The number of carbonyl (C=O) groups excluding carboxylic acids is 1. The molecule has 2 fully saturated rings. The summed E-state index contributed by atoms with van der Waals surface area (Å²) in [6, 6.07) is 0.374. The molecule has 1 saturated heterocycles. The topological polar surface area (TPSA) is 32.3 Å².